The van der Waals surface area contributed by atoms with E-state index in [1.54, 1.807) is 13.0 Å². The van der Waals surface area contributed by atoms with Crippen LogP contribution in [0.4, 0.5) is 0 Å². The SMILES string of the molecule is C#CCN(CC1CC1)S(=O)(=O)c1cc(CO)cc(Br)c1C. The zero-order valence-electron chi connectivity index (χ0n) is 11.8. The lowest BCUT2D eigenvalue weighted by atomic mass is 10.2. The van der Waals surface area contributed by atoms with Crippen molar-refractivity contribution in [3.05, 3.63) is 27.7 Å². The Morgan fingerprint density at radius 3 is 2.67 bits per heavy atom. The highest BCUT2D eigenvalue weighted by atomic mass is 79.9. The number of nitrogens with zero attached hydrogens (tertiary/aromatic N) is 1. The fraction of sp³-hybridized carbons (Fsp3) is 0.467. The monoisotopic (exact) mass is 371 g/mol. The van der Waals surface area contributed by atoms with Crippen LogP contribution < -0.4 is 0 Å². The lowest BCUT2D eigenvalue weighted by Gasteiger charge is -2.21. The highest BCUT2D eigenvalue weighted by Crippen LogP contribution is 2.33. The molecule has 0 spiro atoms. The van der Waals surface area contributed by atoms with Gasteiger partial charge in [0.1, 0.15) is 0 Å². The van der Waals surface area contributed by atoms with E-state index < -0.39 is 10.0 Å². The Balaban J connectivity index is 2.45. The molecule has 0 amide bonds. The number of sulfonamides is 1. The van der Waals surface area contributed by atoms with E-state index in [9.17, 15) is 13.5 Å². The number of halogens is 1. The summed E-state index contributed by atoms with van der Waals surface area (Å²) in [6, 6.07) is 3.24. The van der Waals surface area contributed by atoms with Gasteiger partial charge in [0, 0.05) is 11.0 Å². The van der Waals surface area contributed by atoms with E-state index in [0.29, 0.717) is 28.1 Å². The standard InChI is InChI=1S/C15H18BrNO3S/c1-3-6-17(9-12-4-5-12)21(19,20)15-8-13(10-18)7-14(16)11(15)2/h1,7-8,12,18H,4-6,9-10H2,2H3. The summed E-state index contributed by atoms with van der Waals surface area (Å²) in [4.78, 5) is 0.205. The molecule has 0 bridgehead atoms. The molecule has 1 saturated carbocycles. The molecule has 0 radical (unpaired) electrons. The molecular formula is C15H18BrNO3S. The number of rotatable bonds is 6. The lowest BCUT2D eigenvalue weighted by molar-refractivity contribution is 0.281. The van der Waals surface area contributed by atoms with Gasteiger partial charge in [0.05, 0.1) is 18.0 Å². The van der Waals surface area contributed by atoms with Crippen LogP contribution in [0.1, 0.15) is 24.0 Å². The molecule has 0 aliphatic heterocycles. The van der Waals surface area contributed by atoms with Crippen LogP contribution in [-0.2, 0) is 16.6 Å². The molecule has 1 aliphatic carbocycles. The highest BCUT2D eigenvalue weighted by molar-refractivity contribution is 9.10. The van der Waals surface area contributed by atoms with Crippen molar-refractivity contribution in [1.29, 1.82) is 0 Å². The average molecular weight is 372 g/mol. The Kier molecular flexibility index (Phi) is 5.10. The van der Waals surface area contributed by atoms with Crippen LogP contribution in [0.5, 0.6) is 0 Å². The van der Waals surface area contributed by atoms with Crippen LogP contribution in [0, 0.1) is 25.2 Å². The Morgan fingerprint density at radius 2 is 2.14 bits per heavy atom. The summed E-state index contributed by atoms with van der Waals surface area (Å²) in [5.41, 5.74) is 1.18. The van der Waals surface area contributed by atoms with Crippen molar-refractivity contribution >= 4 is 26.0 Å². The summed E-state index contributed by atoms with van der Waals surface area (Å²) in [5, 5.41) is 9.28. The number of benzene rings is 1. The quantitative estimate of drug-likeness (QED) is 0.780. The van der Waals surface area contributed by atoms with Crippen molar-refractivity contribution < 1.29 is 13.5 Å². The molecule has 21 heavy (non-hydrogen) atoms. The van der Waals surface area contributed by atoms with Gasteiger partial charge in [-0.05, 0) is 48.9 Å². The van der Waals surface area contributed by atoms with Crippen LogP contribution in [0.2, 0.25) is 0 Å². The Hall–Kier alpha value is -0.870. The highest BCUT2D eigenvalue weighted by Gasteiger charge is 2.32. The molecule has 0 saturated heterocycles. The fourth-order valence-electron chi connectivity index (χ4n) is 2.14. The first-order chi connectivity index (χ1) is 9.90. The van der Waals surface area contributed by atoms with Crippen molar-refractivity contribution in [2.45, 2.75) is 31.3 Å². The zero-order chi connectivity index (χ0) is 15.6. The van der Waals surface area contributed by atoms with E-state index in [-0.39, 0.29) is 18.0 Å². The van der Waals surface area contributed by atoms with Gasteiger partial charge in [-0.2, -0.15) is 4.31 Å². The summed E-state index contributed by atoms with van der Waals surface area (Å²) in [6.07, 6.45) is 7.42. The van der Waals surface area contributed by atoms with E-state index >= 15 is 0 Å². The summed E-state index contributed by atoms with van der Waals surface area (Å²) in [6.45, 7) is 2.06. The van der Waals surface area contributed by atoms with Crippen LogP contribution in [0.3, 0.4) is 0 Å². The van der Waals surface area contributed by atoms with E-state index in [1.807, 2.05) is 0 Å². The summed E-state index contributed by atoms with van der Waals surface area (Å²) >= 11 is 3.35. The van der Waals surface area contributed by atoms with Crippen molar-refractivity contribution in [2.75, 3.05) is 13.1 Å². The van der Waals surface area contributed by atoms with Gasteiger partial charge in [0.2, 0.25) is 10.0 Å². The van der Waals surface area contributed by atoms with E-state index in [0.717, 1.165) is 12.8 Å². The molecule has 1 aliphatic rings. The molecule has 1 aromatic carbocycles. The first-order valence-corrected chi connectivity index (χ1v) is 8.97. The summed E-state index contributed by atoms with van der Waals surface area (Å²) in [5.74, 6) is 2.84. The molecule has 1 aromatic rings. The molecule has 0 unspecified atom stereocenters. The third-order valence-corrected chi connectivity index (χ3v) is 6.34. The number of terminal acetylenes is 1. The third-order valence-electron chi connectivity index (χ3n) is 3.58. The molecule has 0 heterocycles. The largest absolute Gasteiger partial charge is 0.392 e. The maximum atomic E-state index is 12.9. The molecule has 0 atom stereocenters. The van der Waals surface area contributed by atoms with Crippen molar-refractivity contribution in [1.82, 2.24) is 4.31 Å². The minimum Gasteiger partial charge on any atom is -0.392 e. The number of hydrogen-bond acceptors (Lipinski definition) is 3. The van der Waals surface area contributed by atoms with Gasteiger partial charge in [-0.1, -0.05) is 21.9 Å². The number of aliphatic hydroxyl groups is 1. The van der Waals surface area contributed by atoms with E-state index in [4.69, 9.17) is 6.42 Å². The second-order valence-electron chi connectivity index (χ2n) is 5.30. The normalized spacial score (nSPS) is 15.2. The minimum absolute atomic E-state index is 0.0687. The molecule has 0 aromatic heterocycles. The number of aliphatic hydroxyl groups excluding tert-OH is 1. The molecule has 1 N–H and O–H groups in total. The van der Waals surface area contributed by atoms with E-state index in [2.05, 4.69) is 21.9 Å². The van der Waals surface area contributed by atoms with Gasteiger partial charge in [-0.3, -0.25) is 0 Å². The van der Waals surface area contributed by atoms with E-state index in [1.165, 1.54) is 10.4 Å². The van der Waals surface area contributed by atoms with Crippen LogP contribution in [0.15, 0.2) is 21.5 Å². The zero-order valence-corrected chi connectivity index (χ0v) is 14.2. The van der Waals surface area contributed by atoms with Gasteiger partial charge in [0.15, 0.2) is 0 Å². The van der Waals surface area contributed by atoms with Crippen LogP contribution in [0.25, 0.3) is 0 Å². The Morgan fingerprint density at radius 1 is 1.48 bits per heavy atom. The second-order valence-corrected chi connectivity index (χ2v) is 8.06. The summed E-state index contributed by atoms with van der Waals surface area (Å²) in [7, 11) is -3.65. The maximum absolute atomic E-state index is 12.9. The Labute approximate surface area is 134 Å². The summed E-state index contributed by atoms with van der Waals surface area (Å²) < 4.78 is 27.7. The molecule has 6 heteroatoms. The average Bonchev–Trinajstić information content (AvgIpc) is 3.25. The first-order valence-electron chi connectivity index (χ1n) is 6.73. The maximum Gasteiger partial charge on any atom is 0.244 e. The molecule has 2 rings (SSSR count). The van der Waals surface area contributed by atoms with Gasteiger partial charge < -0.3 is 5.11 Å². The smallest absolute Gasteiger partial charge is 0.244 e. The molecular weight excluding hydrogens is 354 g/mol. The molecule has 1 fully saturated rings. The van der Waals surface area contributed by atoms with Crippen LogP contribution >= 0.6 is 15.9 Å². The first kappa shape index (κ1) is 16.5. The predicted octanol–water partition coefficient (Wildman–Crippen LogP) is 2.28. The van der Waals surface area contributed by atoms with Gasteiger partial charge in [-0.25, -0.2) is 8.42 Å². The molecule has 114 valence electrons. The van der Waals surface area contributed by atoms with Crippen molar-refractivity contribution in [3.8, 4) is 12.3 Å². The minimum atomic E-state index is -3.65. The topological polar surface area (TPSA) is 57.6 Å². The Bertz CT molecular complexity index is 675. The van der Waals surface area contributed by atoms with Gasteiger partial charge in [-0.15, -0.1) is 6.42 Å². The predicted molar refractivity (Wildman–Crippen MR) is 85.1 cm³/mol. The van der Waals surface area contributed by atoms with Gasteiger partial charge >= 0.3 is 0 Å². The number of hydrogen-bond donors (Lipinski definition) is 1. The van der Waals surface area contributed by atoms with Crippen molar-refractivity contribution in [3.63, 3.8) is 0 Å². The fourth-order valence-corrected chi connectivity index (χ4v) is 4.51. The van der Waals surface area contributed by atoms with Crippen molar-refractivity contribution in [2.24, 2.45) is 5.92 Å². The lowest BCUT2D eigenvalue weighted by Crippen LogP contribution is -2.34. The molecule has 4 nitrogen and oxygen atoms in total. The van der Waals surface area contributed by atoms with Crippen LogP contribution in [-0.4, -0.2) is 30.9 Å². The second kappa shape index (κ2) is 6.49. The van der Waals surface area contributed by atoms with Gasteiger partial charge in [0.25, 0.3) is 0 Å². The third kappa shape index (κ3) is 3.67.